The Hall–Kier alpha value is -2.29. The molecule has 0 fully saturated rings. The molecule has 0 aliphatic heterocycles. The van der Waals surface area contributed by atoms with E-state index in [1.54, 1.807) is 13.4 Å². The van der Waals surface area contributed by atoms with Gasteiger partial charge in [0, 0.05) is 11.1 Å². The molecule has 0 saturated heterocycles. The molecule has 0 unspecified atom stereocenters. The number of allylic oxidation sites excluding steroid dienone is 1. The van der Waals surface area contributed by atoms with Crippen LogP contribution in [-0.4, -0.2) is 12.9 Å². The van der Waals surface area contributed by atoms with Crippen LogP contribution < -0.4 is 4.74 Å². The van der Waals surface area contributed by atoms with Crippen LogP contribution in [-0.2, 0) is 6.42 Å². The number of Topliss-reactive ketones (excluding diaryl/α,β-unsaturated/α-hetero) is 1. The molecule has 1 aliphatic rings. The van der Waals surface area contributed by atoms with Crippen molar-refractivity contribution in [1.82, 2.24) is 0 Å². The summed E-state index contributed by atoms with van der Waals surface area (Å²) in [5.74, 6) is 1.60. The number of hydrogen-bond acceptors (Lipinski definition) is 3. The normalized spacial score (nSPS) is 16.5. The number of ketones is 1. The Morgan fingerprint density at radius 2 is 2.16 bits per heavy atom. The zero-order valence-electron chi connectivity index (χ0n) is 10.7. The average Bonchev–Trinajstić information content (AvgIpc) is 2.94. The minimum absolute atomic E-state index is 0.0836. The Morgan fingerprint density at radius 3 is 2.89 bits per heavy atom. The van der Waals surface area contributed by atoms with Crippen molar-refractivity contribution in [2.24, 2.45) is 0 Å². The van der Waals surface area contributed by atoms with Crippen LogP contribution in [0.5, 0.6) is 5.75 Å². The maximum atomic E-state index is 12.4. The summed E-state index contributed by atoms with van der Waals surface area (Å²) >= 11 is 0. The fourth-order valence-electron chi connectivity index (χ4n) is 2.36. The number of benzene rings is 1. The van der Waals surface area contributed by atoms with E-state index in [1.807, 2.05) is 36.4 Å². The summed E-state index contributed by atoms with van der Waals surface area (Å²) in [5, 5.41) is 0. The Bertz CT molecular complexity index is 636. The monoisotopic (exact) mass is 254 g/mol. The molecule has 0 radical (unpaired) electrons. The average molecular weight is 254 g/mol. The van der Waals surface area contributed by atoms with Crippen LogP contribution in [0.15, 0.2) is 46.6 Å². The van der Waals surface area contributed by atoms with E-state index in [0.717, 1.165) is 41.1 Å². The van der Waals surface area contributed by atoms with Crippen molar-refractivity contribution in [3.05, 3.63) is 59.1 Å². The molecule has 1 aliphatic carbocycles. The summed E-state index contributed by atoms with van der Waals surface area (Å²) in [6.07, 6.45) is 5.03. The molecule has 0 amide bonds. The van der Waals surface area contributed by atoms with Crippen LogP contribution in [0, 0.1) is 0 Å². The predicted molar refractivity (Wildman–Crippen MR) is 72.3 cm³/mol. The van der Waals surface area contributed by atoms with Crippen molar-refractivity contribution in [2.45, 2.75) is 12.8 Å². The lowest BCUT2D eigenvalue weighted by Crippen LogP contribution is -2.14. The summed E-state index contributed by atoms with van der Waals surface area (Å²) in [6.45, 7) is 0. The molecular formula is C16H14O3. The van der Waals surface area contributed by atoms with Crippen molar-refractivity contribution < 1.29 is 13.9 Å². The second-order valence-electron chi connectivity index (χ2n) is 4.54. The van der Waals surface area contributed by atoms with Crippen molar-refractivity contribution in [3.8, 4) is 5.75 Å². The van der Waals surface area contributed by atoms with Gasteiger partial charge in [-0.1, -0.05) is 0 Å². The van der Waals surface area contributed by atoms with Crippen molar-refractivity contribution >= 4 is 11.9 Å². The van der Waals surface area contributed by atoms with Gasteiger partial charge in [0.25, 0.3) is 0 Å². The van der Waals surface area contributed by atoms with Gasteiger partial charge in [0.2, 0.25) is 0 Å². The fourth-order valence-corrected chi connectivity index (χ4v) is 2.36. The molecular weight excluding hydrogens is 240 g/mol. The summed E-state index contributed by atoms with van der Waals surface area (Å²) in [7, 11) is 1.63. The van der Waals surface area contributed by atoms with Crippen molar-refractivity contribution in [3.63, 3.8) is 0 Å². The van der Waals surface area contributed by atoms with Crippen LogP contribution in [0.3, 0.4) is 0 Å². The highest BCUT2D eigenvalue weighted by Crippen LogP contribution is 2.29. The second-order valence-corrected chi connectivity index (χ2v) is 4.54. The van der Waals surface area contributed by atoms with E-state index in [9.17, 15) is 4.79 Å². The minimum Gasteiger partial charge on any atom is -0.497 e. The van der Waals surface area contributed by atoms with Crippen LogP contribution in [0.25, 0.3) is 6.08 Å². The van der Waals surface area contributed by atoms with Gasteiger partial charge in [0.15, 0.2) is 5.78 Å². The van der Waals surface area contributed by atoms with E-state index in [0.29, 0.717) is 0 Å². The molecule has 2 aromatic rings. The highest BCUT2D eigenvalue weighted by molar-refractivity contribution is 6.13. The zero-order valence-corrected chi connectivity index (χ0v) is 10.7. The van der Waals surface area contributed by atoms with Crippen molar-refractivity contribution in [1.29, 1.82) is 0 Å². The molecule has 3 heteroatoms. The lowest BCUT2D eigenvalue weighted by atomic mass is 9.86. The van der Waals surface area contributed by atoms with Gasteiger partial charge in [-0.2, -0.15) is 0 Å². The number of ether oxygens (including phenoxy) is 1. The van der Waals surface area contributed by atoms with Gasteiger partial charge in [-0.15, -0.1) is 0 Å². The smallest absolute Gasteiger partial charge is 0.189 e. The molecule has 1 aromatic carbocycles. The number of rotatable bonds is 2. The predicted octanol–water partition coefficient (Wildman–Crippen LogP) is 3.50. The van der Waals surface area contributed by atoms with Gasteiger partial charge >= 0.3 is 0 Å². The van der Waals surface area contributed by atoms with Crippen LogP contribution in [0.1, 0.15) is 28.1 Å². The molecule has 0 saturated carbocycles. The molecule has 19 heavy (non-hydrogen) atoms. The third-order valence-corrected chi connectivity index (χ3v) is 3.37. The highest BCUT2D eigenvalue weighted by Gasteiger charge is 2.22. The van der Waals surface area contributed by atoms with E-state index in [2.05, 4.69) is 0 Å². The number of furan rings is 1. The van der Waals surface area contributed by atoms with Gasteiger partial charge in [-0.05, 0) is 54.8 Å². The lowest BCUT2D eigenvalue weighted by molar-refractivity contribution is 0.102. The number of methoxy groups -OCH3 is 1. The Kier molecular flexibility index (Phi) is 2.95. The molecule has 0 bridgehead atoms. The van der Waals surface area contributed by atoms with Gasteiger partial charge < -0.3 is 9.15 Å². The third kappa shape index (κ3) is 2.19. The number of fused-ring (bicyclic) bond motifs is 1. The van der Waals surface area contributed by atoms with E-state index in [4.69, 9.17) is 9.15 Å². The number of carbonyl (C=O) groups excluding carboxylic acids is 1. The molecule has 0 N–H and O–H groups in total. The van der Waals surface area contributed by atoms with Crippen molar-refractivity contribution in [2.75, 3.05) is 7.11 Å². The Labute approximate surface area is 111 Å². The van der Waals surface area contributed by atoms with E-state index >= 15 is 0 Å². The molecule has 1 heterocycles. The Balaban J connectivity index is 1.96. The third-order valence-electron chi connectivity index (χ3n) is 3.37. The number of hydrogen-bond donors (Lipinski definition) is 0. The summed E-state index contributed by atoms with van der Waals surface area (Å²) in [5.41, 5.74) is 2.62. The Morgan fingerprint density at radius 1 is 1.26 bits per heavy atom. The molecule has 3 rings (SSSR count). The van der Waals surface area contributed by atoms with Gasteiger partial charge in [-0.3, -0.25) is 4.79 Å². The quantitative estimate of drug-likeness (QED) is 0.770. The second kappa shape index (κ2) is 4.76. The summed E-state index contributed by atoms with van der Waals surface area (Å²) in [4.78, 5) is 12.4. The maximum Gasteiger partial charge on any atom is 0.189 e. The first-order chi connectivity index (χ1) is 9.28. The lowest BCUT2D eigenvalue weighted by Gasteiger charge is -2.17. The largest absolute Gasteiger partial charge is 0.497 e. The number of aryl methyl sites for hydroxylation is 1. The van der Waals surface area contributed by atoms with Gasteiger partial charge in [-0.25, -0.2) is 0 Å². The molecule has 1 aromatic heterocycles. The summed E-state index contributed by atoms with van der Waals surface area (Å²) in [6, 6.07) is 9.28. The maximum absolute atomic E-state index is 12.4. The molecule has 3 nitrogen and oxygen atoms in total. The van der Waals surface area contributed by atoms with Crippen LogP contribution in [0.4, 0.5) is 0 Å². The first-order valence-electron chi connectivity index (χ1n) is 6.23. The molecule has 0 spiro atoms. The minimum atomic E-state index is 0.0836. The fraction of sp³-hybridized carbons (Fsp3) is 0.188. The number of carbonyl (C=O) groups is 1. The van der Waals surface area contributed by atoms with E-state index < -0.39 is 0 Å². The standard InChI is InChI=1S/C16H14O3/c1-18-13-6-7-15-11(9-13)4-5-12(16(15)17)10-14-3-2-8-19-14/h2-3,6-10H,4-5H2,1H3/b12-10+. The van der Waals surface area contributed by atoms with Gasteiger partial charge in [0.1, 0.15) is 11.5 Å². The topological polar surface area (TPSA) is 39.4 Å². The SMILES string of the molecule is COc1ccc2c(c1)CC/C(=C\c1ccco1)C2=O. The van der Waals surface area contributed by atoms with Crippen LogP contribution in [0.2, 0.25) is 0 Å². The first-order valence-corrected chi connectivity index (χ1v) is 6.23. The molecule has 96 valence electrons. The zero-order chi connectivity index (χ0) is 13.2. The summed E-state index contributed by atoms with van der Waals surface area (Å²) < 4.78 is 10.4. The first kappa shape index (κ1) is 11.8. The van der Waals surface area contributed by atoms with E-state index in [-0.39, 0.29) is 5.78 Å². The van der Waals surface area contributed by atoms with E-state index in [1.165, 1.54) is 0 Å². The molecule has 0 atom stereocenters. The van der Waals surface area contributed by atoms with Gasteiger partial charge in [0.05, 0.1) is 13.4 Å². The van der Waals surface area contributed by atoms with Crippen LogP contribution >= 0.6 is 0 Å². The highest BCUT2D eigenvalue weighted by atomic mass is 16.5.